The molecule has 0 unspecified atom stereocenters. The zero-order chi connectivity index (χ0) is 16.4. The van der Waals surface area contributed by atoms with Gasteiger partial charge in [0, 0.05) is 29.9 Å². The van der Waals surface area contributed by atoms with Crippen LogP contribution in [0.25, 0.3) is 22.6 Å². The predicted octanol–water partition coefficient (Wildman–Crippen LogP) is 3.26. The molecule has 23 heavy (non-hydrogen) atoms. The number of hydrogen-bond donors (Lipinski definition) is 1. The molecule has 1 N–H and O–H groups in total. The second-order valence-corrected chi connectivity index (χ2v) is 5.73. The standard InChI is InChI=1S/C18H20N4O/c1-4-22-16(21-15-9-6-10-19-17(15)22)13-7-5-8-14(11-13)18(23)20-12(2)3/h5-12H,4H2,1-3H3,(H,20,23). The molecule has 5 heteroatoms. The molecule has 5 nitrogen and oxygen atoms in total. The predicted molar refractivity (Wildman–Crippen MR) is 91.2 cm³/mol. The van der Waals surface area contributed by atoms with Gasteiger partial charge >= 0.3 is 0 Å². The molecule has 0 aliphatic carbocycles. The summed E-state index contributed by atoms with van der Waals surface area (Å²) in [5, 5.41) is 2.91. The van der Waals surface area contributed by atoms with Crippen LogP contribution in [0.3, 0.4) is 0 Å². The summed E-state index contributed by atoms with van der Waals surface area (Å²) < 4.78 is 2.06. The molecule has 1 aromatic carbocycles. The van der Waals surface area contributed by atoms with Crippen LogP contribution in [0.2, 0.25) is 0 Å². The summed E-state index contributed by atoms with van der Waals surface area (Å²) in [6.45, 7) is 6.73. The van der Waals surface area contributed by atoms with Gasteiger partial charge in [0.25, 0.3) is 5.91 Å². The van der Waals surface area contributed by atoms with E-state index in [1.54, 1.807) is 6.20 Å². The molecule has 0 fully saturated rings. The van der Waals surface area contributed by atoms with E-state index < -0.39 is 0 Å². The van der Waals surface area contributed by atoms with Gasteiger partial charge in [-0.2, -0.15) is 0 Å². The SMILES string of the molecule is CCn1c(-c2cccc(C(=O)NC(C)C)c2)nc2cccnc21. The van der Waals surface area contributed by atoms with Crippen LogP contribution < -0.4 is 5.32 Å². The highest BCUT2D eigenvalue weighted by Crippen LogP contribution is 2.24. The topological polar surface area (TPSA) is 59.8 Å². The lowest BCUT2D eigenvalue weighted by Crippen LogP contribution is -2.30. The van der Waals surface area contributed by atoms with E-state index in [9.17, 15) is 4.79 Å². The first-order valence-corrected chi connectivity index (χ1v) is 7.82. The Kier molecular flexibility index (Phi) is 4.10. The number of pyridine rings is 1. The molecule has 3 aromatic rings. The molecule has 0 atom stereocenters. The fourth-order valence-corrected chi connectivity index (χ4v) is 2.62. The van der Waals surface area contributed by atoms with Crippen molar-refractivity contribution in [3.63, 3.8) is 0 Å². The minimum atomic E-state index is -0.0702. The summed E-state index contributed by atoms with van der Waals surface area (Å²) in [7, 11) is 0. The number of nitrogens with one attached hydrogen (secondary N) is 1. The highest BCUT2D eigenvalue weighted by Gasteiger charge is 2.14. The number of benzene rings is 1. The Labute approximate surface area is 135 Å². The Hall–Kier alpha value is -2.69. The number of nitrogens with zero attached hydrogens (tertiary/aromatic N) is 3. The van der Waals surface area contributed by atoms with E-state index in [1.807, 2.05) is 50.2 Å². The smallest absolute Gasteiger partial charge is 0.251 e. The molecular formula is C18H20N4O. The third kappa shape index (κ3) is 2.95. The number of fused-ring (bicyclic) bond motifs is 1. The van der Waals surface area contributed by atoms with Crippen molar-refractivity contribution in [1.29, 1.82) is 0 Å². The van der Waals surface area contributed by atoms with Gasteiger partial charge in [0.15, 0.2) is 5.65 Å². The third-order valence-corrected chi connectivity index (χ3v) is 3.62. The van der Waals surface area contributed by atoms with Crippen LogP contribution in [0.4, 0.5) is 0 Å². The lowest BCUT2D eigenvalue weighted by atomic mass is 10.1. The molecule has 2 heterocycles. The van der Waals surface area contributed by atoms with Crippen molar-refractivity contribution in [3.05, 3.63) is 48.2 Å². The maximum Gasteiger partial charge on any atom is 0.251 e. The molecule has 0 radical (unpaired) electrons. The fourth-order valence-electron chi connectivity index (χ4n) is 2.62. The van der Waals surface area contributed by atoms with Crippen LogP contribution in [-0.4, -0.2) is 26.5 Å². The van der Waals surface area contributed by atoms with Crippen molar-refractivity contribution in [2.75, 3.05) is 0 Å². The second-order valence-electron chi connectivity index (χ2n) is 5.73. The first-order chi connectivity index (χ1) is 11.1. The first-order valence-electron chi connectivity index (χ1n) is 7.82. The fraction of sp³-hybridized carbons (Fsp3) is 0.278. The molecule has 0 aliphatic rings. The summed E-state index contributed by atoms with van der Waals surface area (Å²) in [5.74, 6) is 0.763. The van der Waals surface area contributed by atoms with Crippen molar-refractivity contribution in [3.8, 4) is 11.4 Å². The highest BCUT2D eigenvalue weighted by atomic mass is 16.1. The number of aromatic nitrogens is 3. The number of amides is 1. The Morgan fingerprint density at radius 3 is 2.83 bits per heavy atom. The summed E-state index contributed by atoms with van der Waals surface area (Å²) in [6.07, 6.45) is 1.77. The van der Waals surface area contributed by atoms with Gasteiger partial charge in [-0.05, 0) is 45.0 Å². The van der Waals surface area contributed by atoms with Crippen molar-refractivity contribution >= 4 is 17.1 Å². The van der Waals surface area contributed by atoms with Gasteiger partial charge in [-0.1, -0.05) is 12.1 Å². The molecule has 0 spiro atoms. The van der Waals surface area contributed by atoms with Crippen LogP contribution in [0.5, 0.6) is 0 Å². The normalized spacial score (nSPS) is 11.1. The van der Waals surface area contributed by atoms with E-state index in [4.69, 9.17) is 0 Å². The molecule has 3 rings (SSSR count). The molecule has 0 saturated carbocycles. The van der Waals surface area contributed by atoms with E-state index in [0.717, 1.165) is 29.1 Å². The summed E-state index contributed by atoms with van der Waals surface area (Å²) in [5.41, 5.74) is 3.28. The summed E-state index contributed by atoms with van der Waals surface area (Å²) in [6, 6.07) is 11.5. The number of aryl methyl sites for hydroxylation is 1. The quantitative estimate of drug-likeness (QED) is 0.805. The van der Waals surface area contributed by atoms with Crippen LogP contribution >= 0.6 is 0 Å². The van der Waals surface area contributed by atoms with Gasteiger partial charge in [0.1, 0.15) is 11.3 Å². The largest absolute Gasteiger partial charge is 0.350 e. The van der Waals surface area contributed by atoms with Gasteiger partial charge in [0.2, 0.25) is 0 Å². The van der Waals surface area contributed by atoms with Crippen LogP contribution in [0.15, 0.2) is 42.6 Å². The Bertz CT molecular complexity index is 851. The third-order valence-electron chi connectivity index (χ3n) is 3.62. The number of hydrogen-bond acceptors (Lipinski definition) is 3. The van der Waals surface area contributed by atoms with Crippen molar-refractivity contribution in [2.24, 2.45) is 0 Å². The maximum absolute atomic E-state index is 12.2. The number of carbonyl (C=O) groups excluding carboxylic acids is 1. The molecule has 0 saturated heterocycles. The molecule has 1 amide bonds. The lowest BCUT2D eigenvalue weighted by Gasteiger charge is -2.10. The molecule has 0 aliphatic heterocycles. The molecular weight excluding hydrogens is 288 g/mol. The summed E-state index contributed by atoms with van der Waals surface area (Å²) >= 11 is 0. The Balaban J connectivity index is 2.07. The van der Waals surface area contributed by atoms with E-state index >= 15 is 0 Å². The van der Waals surface area contributed by atoms with E-state index in [2.05, 4.69) is 26.8 Å². The monoisotopic (exact) mass is 308 g/mol. The second kappa shape index (κ2) is 6.20. The van der Waals surface area contributed by atoms with Crippen LogP contribution in [0.1, 0.15) is 31.1 Å². The average Bonchev–Trinajstić information content (AvgIpc) is 2.93. The van der Waals surface area contributed by atoms with Gasteiger partial charge < -0.3 is 9.88 Å². The van der Waals surface area contributed by atoms with Crippen molar-refractivity contribution < 1.29 is 4.79 Å². The molecule has 118 valence electrons. The average molecular weight is 308 g/mol. The van der Waals surface area contributed by atoms with Gasteiger partial charge in [-0.25, -0.2) is 9.97 Å². The van der Waals surface area contributed by atoms with Crippen molar-refractivity contribution in [1.82, 2.24) is 19.9 Å². The number of rotatable bonds is 4. The number of imidazole rings is 1. The highest BCUT2D eigenvalue weighted by molar-refractivity contribution is 5.95. The minimum absolute atomic E-state index is 0.0702. The van der Waals surface area contributed by atoms with Gasteiger partial charge in [0.05, 0.1) is 0 Å². The first kappa shape index (κ1) is 15.2. The van der Waals surface area contributed by atoms with Gasteiger partial charge in [-0.3, -0.25) is 4.79 Å². The Morgan fingerprint density at radius 1 is 1.26 bits per heavy atom. The van der Waals surface area contributed by atoms with E-state index in [-0.39, 0.29) is 11.9 Å². The van der Waals surface area contributed by atoms with Crippen molar-refractivity contribution in [2.45, 2.75) is 33.4 Å². The maximum atomic E-state index is 12.2. The zero-order valence-corrected chi connectivity index (χ0v) is 13.6. The van der Waals surface area contributed by atoms with Gasteiger partial charge in [-0.15, -0.1) is 0 Å². The molecule has 0 bridgehead atoms. The molecule has 2 aromatic heterocycles. The minimum Gasteiger partial charge on any atom is -0.350 e. The van der Waals surface area contributed by atoms with E-state index in [0.29, 0.717) is 5.56 Å². The van der Waals surface area contributed by atoms with Crippen LogP contribution in [0, 0.1) is 0 Å². The summed E-state index contributed by atoms with van der Waals surface area (Å²) in [4.78, 5) is 21.3. The Morgan fingerprint density at radius 2 is 2.09 bits per heavy atom. The van der Waals surface area contributed by atoms with Crippen LogP contribution in [-0.2, 0) is 6.54 Å². The lowest BCUT2D eigenvalue weighted by molar-refractivity contribution is 0.0943. The number of carbonyl (C=O) groups is 1. The zero-order valence-electron chi connectivity index (χ0n) is 13.6. The van der Waals surface area contributed by atoms with E-state index in [1.165, 1.54) is 0 Å².